The van der Waals surface area contributed by atoms with Crippen LogP contribution in [0.25, 0.3) is 0 Å². The number of nitrogens with one attached hydrogen (secondary N) is 1. The predicted molar refractivity (Wildman–Crippen MR) is 60.7 cm³/mol. The summed E-state index contributed by atoms with van der Waals surface area (Å²) in [5.41, 5.74) is 0. The van der Waals surface area contributed by atoms with Gasteiger partial charge in [-0.2, -0.15) is 0 Å². The van der Waals surface area contributed by atoms with E-state index in [4.69, 9.17) is 4.74 Å². The molecule has 0 saturated heterocycles. The van der Waals surface area contributed by atoms with E-state index < -0.39 is 0 Å². The molecule has 3 heteroatoms. The average molecular weight is 213 g/mol. The Labute approximate surface area is 92.6 Å². The zero-order valence-corrected chi connectivity index (χ0v) is 9.92. The molecular weight excluding hydrogens is 190 g/mol. The van der Waals surface area contributed by atoms with Crippen LogP contribution in [0.5, 0.6) is 0 Å². The van der Waals surface area contributed by atoms with Crippen LogP contribution in [0.4, 0.5) is 0 Å². The smallest absolute Gasteiger partial charge is 0.322 e. The van der Waals surface area contributed by atoms with Crippen molar-refractivity contribution in [3.05, 3.63) is 0 Å². The molecule has 1 fully saturated rings. The van der Waals surface area contributed by atoms with Gasteiger partial charge in [0.25, 0.3) is 0 Å². The summed E-state index contributed by atoms with van der Waals surface area (Å²) in [6.07, 6.45) is 8.11. The highest BCUT2D eigenvalue weighted by Gasteiger charge is 2.23. The monoisotopic (exact) mass is 213 g/mol. The summed E-state index contributed by atoms with van der Waals surface area (Å²) < 4.78 is 4.82. The Kier molecular flexibility index (Phi) is 5.69. The highest BCUT2D eigenvalue weighted by atomic mass is 16.5. The van der Waals surface area contributed by atoms with Crippen molar-refractivity contribution >= 4 is 5.97 Å². The second-order valence-corrected chi connectivity index (χ2v) is 4.37. The SMILES string of the molecule is CCCCC(NC1CCCC1)C(=O)OC. The fourth-order valence-corrected chi connectivity index (χ4v) is 2.20. The quantitative estimate of drug-likeness (QED) is 0.688. The first-order valence-corrected chi connectivity index (χ1v) is 6.11. The first kappa shape index (κ1) is 12.5. The van der Waals surface area contributed by atoms with E-state index in [0.29, 0.717) is 6.04 Å². The molecule has 1 rings (SSSR count). The minimum atomic E-state index is -0.102. The number of hydrogen-bond donors (Lipinski definition) is 1. The molecule has 1 aliphatic rings. The van der Waals surface area contributed by atoms with Crippen LogP contribution in [0.1, 0.15) is 51.9 Å². The summed E-state index contributed by atoms with van der Waals surface area (Å²) in [5.74, 6) is -0.102. The van der Waals surface area contributed by atoms with Gasteiger partial charge in [0.15, 0.2) is 0 Å². The molecule has 88 valence electrons. The van der Waals surface area contributed by atoms with E-state index in [1.165, 1.54) is 32.8 Å². The van der Waals surface area contributed by atoms with Crippen molar-refractivity contribution in [3.63, 3.8) is 0 Å². The molecule has 1 aliphatic carbocycles. The van der Waals surface area contributed by atoms with E-state index in [9.17, 15) is 4.79 Å². The van der Waals surface area contributed by atoms with Crippen molar-refractivity contribution in [1.29, 1.82) is 0 Å². The van der Waals surface area contributed by atoms with Crippen molar-refractivity contribution in [2.45, 2.75) is 64.0 Å². The van der Waals surface area contributed by atoms with Crippen LogP contribution in [-0.4, -0.2) is 25.2 Å². The van der Waals surface area contributed by atoms with Crippen molar-refractivity contribution < 1.29 is 9.53 Å². The van der Waals surface area contributed by atoms with Crippen molar-refractivity contribution in [2.75, 3.05) is 7.11 Å². The van der Waals surface area contributed by atoms with Gasteiger partial charge in [0.05, 0.1) is 7.11 Å². The number of esters is 1. The number of rotatable bonds is 6. The van der Waals surface area contributed by atoms with Gasteiger partial charge in [0.1, 0.15) is 6.04 Å². The molecule has 1 atom stereocenters. The second-order valence-electron chi connectivity index (χ2n) is 4.37. The highest BCUT2D eigenvalue weighted by Crippen LogP contribution is 2.19. The molecule has 0 bridgehead atoms. The summed E-state index contributed by atoms with van der Waals surface area (Å²) in [4.78, 5) is 11.5. The molecule has 0 aromatic carbocycles. The maximum absolute atomic E-state index is 11.5. The topological polar surface area (TPSA) is 38.3 Å². The number of carbonyl (C=O) groups is 1. The maximum Gasteiger partial charge on any atom is 0.322 e. The van der Waals surface area contributed by atoms with Crippen LogP contribution in [-0.2, 0) is 9.53 Å². The fraction of sp³-hybridized carbons (Fsp3) is 0.917. The van der Waals surface area contributed by atoms with Crippen LogP contribution in [0, 0.1) is 0 Å². The van der Waals surface area contributed by atoms with E-state index in [-0.39, 0.29) is 12.0 Å². The summed E-state index contributed by atoms with van der Waals surface area (Å²) in [7, 11) is 1.47. The van der Waals surface area contributed by atoms with Crippen molar-refractivity contribution in [3.8, 4) is 0 Å². The standard InChI is InChI=1S/C12H23NO2/c1-3-4-9-11(12(14)15-2)13-10-7-5-6-8-10/h10-11,13H,3-9H2,1-2H3. The summed E-state index contributed by atoms with van der Waals surface area (Å²) in [6.45, 7) is 2.14. The van der Waals surface area contributed by atoms with Gasteiger partial charge in [0, 0.05) is 6.04 Å². The minimum Gasteiger partial charge on any atom is -0.468 e. The molecule has 0 radical (unpaired) electrons. The molecule has 0 aliphatic heterocycles. The summed E-state index contributed by atoms with van der Waals surface area (Å²) >= 11 is 0. The first-order chi connectivity index (χ1) is 7.27. The maximum atomic E-state index is 11.5. The van der Waals surface area contributed by atoms with Crippen LogP contribution in [0.2, 0.25) is 0 Å². The summed E-state index contributed by atoms with van der Waals surface area (Å²) in [6, 6.07) is 0.448. The van der Waals surface area contributed by atoms with E-state index in [1.807, 2.05) is 0 Å². The lowest BCUT2D eigenvalue weighted by Crippen LogP contribution is -2.42. The van der Waals surface area contributed by atoms with Crippen molar-refractivity contribution in [2.24, 2.45) is 0 Å². The van der Waals surface area contributed by atoms with Gasteiger partial charge in [-0.25, -0.2) is 0 Å². The first-order valence-electron chi connectivity index (χ1n) is 6.11. The Bertz CT molecular complexity index is 188. The summed E-state index contributed by atoms with van der Waals surface area (Å²) in [5, 5.41) is 3.43. The van der Waals surface area contributed by atoms with E-state index in [0.717, 1.165) is 19.3 Å². The minimum absolute atomic E-state index is 0.0851. The van der Waals surface area contributed by atoms with Gasteiger partial charge in [-0.1, -0.05) is 32.6 Å². The molecule has 0 amide bonds. The molecular formula is C12H23NO2. The molecule has 0 aromatic rings. The molecule has 0 heterocycles. The number of hydrogen-bond acceptors (Lipinski definition) is 3. The van der Waals surface area contributed by atoms with Crippen LogP contribution < -0.4 is 5.32 Å². The van der Waals surface area contributed by atoms with Crippen LogP contribution in [0.3, 0.4) is 0 Å². The lowest BCUT2D eigenvalue weighted by molar-refractivity contribution is -0.143. The van der Waals surface area contributed by atoms with Gasteiger partial charge in [-0.15, -0.1) is 0 Å². The fourth-order valence-electron chi connectivity index (χ4n) is 2.20. The Balaban J connectivity index is 2.36. The van der Waals surface area contributed by atoms with Gasteiger partial charge in [-0.3, -0.25) is 4.79 Å². The van der Waals surface area contributed by atoms with Gasteiger partial charge in [0.2, 0.25) is 0 Å². The molecule has 0 spiro atoms. The number of carbonyl (C=O) groups excluding carboxylic acids is 1. The highest BCUT2D eigenvalue weighted by molar-refractivity contribution is 5.75. The van der Waals surface area contributed by atoms with Crippen LogP contribution >= 0.6 is 0 Å². The molecule has 0 aromatic heterocycles. The number of unbranched alkanes of at least 4 members (excludes halogenated alkanes) is 1. The van der Waals surface area contributed by atoms with E-state index in [2.05, 4.69) is 12.2 Å². The van der Waals surface area contributed by atoms with E-state index >= 15 is 0 Å². The predicted octanol–water partition coefficient (Wildman–Crippen LogP) is 2.25. The molecule has 3 nitrogen and oxygen atoms in total. The van der Waals surface area contributed by atoms with Gasteiger partial charge < -0.3 is 10.1 Å². The third-order valence-electron chi connectivity index (χ3n) is 3.12. The largest absolute Gasteiger partial charge is 0.468 e. The average Bonchev–Trinajstić information content (AvgIpc) is 2.75. The molecule has 15 heavy (non-hydrogen) atoms. The van der Waals surface area contributed by atoms with Crippen molar-refractivity contribution in [1.82, 2.24) is 5.32 Å². The number of ether oxygens (including phenoxy) is 1. The van der Waals surface area contributed by atoms with Crippen LogP contribution in [0.15, 0.2) is 0 Å². The Morgan fingerprint density at radius 3 is 2.67 bits per heavy atom. The molecule has 1 N–H and O–H groups in total. The molecule has 1 saturated carbocycles. The number of methoxy groups -OCH3 is 1. The normalized spacial score (nSPS) is 19.1. The third-order valence-corrected chi connectivity index (χ3v) is 3.12. The second kappa shape index (κ2) is 6.83. The lowest BCUT2D eigenvalue weighted by Gasteiger charge is -2.20. The zero-order chi connectivity index (χ0) is 11.1. The Morgan fingerprint density at radius 2 is 2.13 bits per heavy atom. The van der Waals surface area contributed by atoms with Gasteiger partial charge in [-0.05, 0) is 19.3 Å². The molecule has 1 unspecified atom stereocenters. The Hall–Kier alpha value is -0.570. The zero-order valence-electron chi connectivity index (χ0n) is 9.92. The van der Waals surface area contributed by atoms with E-state index in [1.54, 1.807) is 0 Å². The lowest BCUT2D eigenvalue weighted by atomic mass is 10.1. The third kappa shape index (κ3) is 4.20. The van der Waals surface area contributed by atoms with Gasteiger partial charge >= 0.3 is 5.97 Å². The Morgan fingerprint density at radius 1 is 1.47 bits per heavy atom.